The first-order valence-electron chi connectivity index (χ1n) is 7.60. The number of rotatable bonds is 7. The van der Waals surface area contributed by atoms with Crippen LogP contribution in [-0.4, -0.2) is 18.9 Å². The van der Waals surface area contributed by atoms with Gasteiger partial charge in [-0.3, -0.25) is 4.79 Å². The van der Waals surface area contributed by atoms with Crippen molar-refractivity contribution in [2.75, 3.05) is 11.9 Å². The van der Waals surface area contributed by atoms with Gasteiger partial charge in [-0.05, 0) is 17.7 Å². The lowest BCUT2D eigenvalue weighted by Gasteiger charge is -2.20. The quantitative estimate of drug-likeness (QED) is 0.813. The molecular formula is C18H20F2N2O2. The first kappa shape index (κ1) is 17.9. The van der Waals surface area contributed by atoms with Gasteiger partial charge in [-0.15, -0.1) is 0 Å². The number of anilines is 1. The predicted octanol–water partition coefficient (Wildman–Crippen LogP) is 3.61. The number of halogens is 2. The molecule has 24 heavy (non-hydrogen) atoms. The summed E-state index contributed by atoms with van der Waals surface area (Å²) >= 11 is 0. The number of nitrogens with one attached hydrogen (secondary N) is 1. The molecule has 6 heteroatoms. The van der Waals surface area contributed by atoms with Gasteiger partial charge >= 0.3 is 0 Å². The van der Waals surface area contributed by atoms with Gasteiger partial charge in [0.1, 0.15) is 12.4 Å². The van der Waals surface area contributed by atoms with Gasteiger partial charge in [-0.1, -0.05) is 49.4 Å². The minimum atomic E-state index is -2.58. The van der Waals surface area contributed by atoms with E-state index in [1.165, 1.54) is 6.07 Å². The topological polar surface area (TPSA) is 64.3 Å². The molecule has 0 saturated carbocycles. The fraction of sp³-hybridized carbons (Fsp3) is 0.278. The average molecular weight is 334 g/mol. The lowest BCUT2D eigenvalue weighted by molar-refractivity contribution is -0.120. The van der Waals surface area contributed by atoms with E-state index in [0.29, 0.717) is 5.69 Å². The zero-order chi connectivity index (χ0) is 17.5. The molecule has 2 rings (SSSR count). The van der Waals surface area contributed by atoms with Crippen LogP contribution >= 0.6 is 0 Å². The van der Waals surface area contributed by atoms with E-state index >= 15 is 0 Å². The summed E-state index contributed by atoms with van der Waals surface area (Å²) in [7, 11) is 0. The van der Waals surface area contributed by atoms with Crippen molar-refractivity contribution in [3.8, 4) is 5.75 Å². The van der Waals surface area contributed by atoms with Gasteiger partial charge in [0, 0.05) is 6.04 Å². The van der Waals surface area contributed by atoms with Crippen LogP contribution in [0.25, 0.3) is 0 Å². The van der Waals surface area contributed by atoms with Gasteiger partial charge in [0.2, 0.25) is 5.91 Å². The summed E-state index contributed by atoms with van der Waals surface area (Å²) in [6, 6.07) is 15.3. The molecule has 2 aromatic carbocycles. The van der Waals surface area contributed by atoms with E-state index in [1.807, 2.05) is 30.3 Å². The Balaban J connectivity index is 2.06. The third-order valence-electron chi connectivity index (χ3n) is 3.65. The fourth-order valence-electron chi connectivity index (χ4n) is 2.22. The Kier molecular flexibility index (Phi) is 6.26. The molecule has 0 aromatic heterocycles. The monoisotopic (exact) mass is 334 g/mol. The van der Waals surface area contributed by atoms with Crippen molar-refractivity contribution >= 4 is 11.6 Å². The maximum Gasteiger partial charge on any atom is 0.272 e. The predicted molar refractivity (Wildman–Crippen MR) is 89.1 cm³/mol. The highest BCUT2D eigenvalue weighted by Gasteiger charge is 2.23. The first-order chi connectivity index (χ1) is 11.5. The van der Waals surface area contributed by atoms with E-state index in [-0.39, 0.29) is 11.7 Å². The second kappa shape index (κ2) is 8.40. The normalized spacial score (nSPS) is 13.4. The summed E-state index contributed by atoms with van der Waals surface area (Å²) in [5.41, 5.74) is 7.33. The molecular weight excluding hydrogens is 314 g/mol. The zero-order valence-electron chi connectivity index (χ0n) is 13.3. The van der Waals surface area contributed by atoms with Gasteiger partial charge in [-0.25, -0.2) is 8.78 Å². The second-order valence-electron chi connectivity index (χ2n) is 5.41. The van der Waals surface area contributed by atoms with Crippen molar-refractivity contribution in [3.05, 3.63) is 60.2 Å². The number of carbonyl (C=O) groups excluding carboxylic acids is 1. The molecule has 2 unspecified atom stereocenters. The Labute approximate surface area is 139 Å². The number of alkyl halides is 2. The minimum Gasteiger partial charge on any atom is -0.485 e. The van der Waals surface area contributed by atoms with Gasteiger partial charge in [0.25, 0.3) is 6.43 Å². The van der Waals surface area contributed by atoms with Crippen LogP contribution < -0.4 is 15.8 Å². The van der Waals surface area contributed by atoms with E-state index in [9.17, 15) is 13.6 Å². The van der Waals surface area contributed by atoms with Gasteiger partial charge in [0.15, 0.2) is 0 Å². The summed E-state index contributed by atoms with van der Waals surface area (Å²) < 4.78 is 29.6. The van der Waals surface area contributed by atoms with Crippen LogP contribution in [0.1, 0.15) is 18.5 Å². The number of hydrogen-bond acceptors (Lipinski definition) is 3. The number of amides is 1. The highest BCUT2D eigenvalue weighted by Crippen LogP contribution is 2.26. The Morgan fingerprint density at radius 3 is 2.42 bits per heavy atom. The van der Waals surface area contributed by atoms with E-state index in [4.69, 9.17) is 10.5 Å². The fourth-order valence-corrected chi connectivity index (χ4v) is 2.22. The SMILES string of the molecule is CC(C(=O)Nc1ccccc1OCC(F)F)C(N)c1ccccc1. The average Bonchev–Trinajstić information content (AvgIpc) is 2.60. The van der Waals surface area contributed by atoms with Crippen molar-refractivity contribution in [2.24, 2.45) is 11.7 Å². The van der Waals surface area contributed by atoms with E-state index in [1.54, 1.807) is 25.1 Å². The Bertz CT molecular complexity index is 665. The molecule has 0 aliphatic rings. The molecule has 0 fully saturated rings. The molecule has 1 amide bonds. The van der Waals surface area contributed by atoms with Crippen molar-refractivity contribution in [2.45, 2.75) is 19.4 Å². The zero-order valence-corrected chi connectivity index (χ0v) is 13.3. The molecule has 0 bridgehead atoms. The van der Waals surface area contributed by atoms with Crippen LogP contribution in [0, 0.1) is 5.92 Å². The van der Waals surface area contributed by atoms with Crippen LogP contribution in [0.3, 0.4) is 0 Å². The standard InChI is InChI=1S/C18H20F2N2O2/c1-12(17(21)13-7-3-2-4-8-13)18(23)22-14-9-5-6-10-15(14)24-11-16(19)20/h2-10,12,16-17H,11,21H2,1H3,(H,22,23). The van der Waals surface area contributed by atoms with Gasteiger partial charge < -0.3 is 15.8 Å². The van der Waals surface area contributed by atoms with Crippen LogP contribution in [0.4, 0.5) is 14.5 Å². The first-order valence-corrected chi connectivity index (χ1v) is 7.60. The molecule has 0 aliphatic carbocycles. The minimum absolute atomic E-state index is 0.201. The molecule has 0 heterocycles. The highest BCUT2D eigenvalue weighted by atomic mass is 19.3. The molecule has 128 valence electrons. The number of benzene rings is 2. The van der Waals surface area contributed by atoms with Crippen LogP contribution in [0.5, 0.6) is 5.75 Å². The van der Waals surface area contributed by atoms with E-state index in [2.05, 4.69) is 5.32 Å². The summed E-state index contributed by atoms with van der Waals surface area (Å²) in [5.74, 6) is -0.610. The Hall–Kier alpha value is -2.47. The lowest BCUT2D eigenvalue weighted by atomic mass is 9.94. The molecule has 0 aliphatic heterocycles. The number of hydrogen-bond donors (Lipinski definition) is 2. The number of para-hydroxylation sites is 2. The maximum atomic E-state index is 12.4. The molecule has 4 nitrogen and oxygen atoms in total. The third-order valence-corrected chi connectivity index (χ3v) is 3.65. The third kappa shape index (κ3) is 4.76. The number of ether oxygens (including phenoxy) is 1. The lowest BCUT2D eigenvalue weighted by Crippen LogP contribution is -2.30. The number of carbonyl (C=O) groups is 1. The van der Waals surface area contributed by atoms with Gasteiger partial charge in [0.05, 0.1) is 11.6 Å². The maximum absolute atomic E-state index is 12.4. The molecule has 2 atom stereocenters. The van der Waals surface area contributed by atoms with Crippen molar-refractivity contribution in [1.29, 1.82) is 0 Å². The van der Waals surface area contributed by atoms with Gasteiger partial charge in [-0.2, -0.15) is 0 Å². The molecule has 3 N–H and O–H groups in total. The summed E-state index contributed by atoms with van der Waals surface area (Å²) in [5, 5.41) is 2.70. The summed E-state index contributed by atoms with van der Waals surface area (Å²) in [6.07, 6.45) is -2.58. The second-order valence-corrected chi connectivity index (χ2v) is 5.41. The molecule has 0 spiro atoms. The van der Waals surface area contributed by atoms with Crippen LogP contribution in [0.2, 0.25) is 0 Å². The highest BCUT2D eigenvalue weighted by molar-refractivity contribution is 5.94. The van der Waals surface area contributed by atoms with Crippen LogP contribution in [-0.2, 0) is 4.79 Å². The Morgan fingerprint density at radius 2 is 1.75 bits per heavy atom. The summed E-state index contributed by atoms with van der Waals surface area (Å²) in [4.78, 5) is 12.4. The van der Waals surface area contributed by atoms with E-state index in [0.717, 1.165) is 5.56 Å². The molecule has 2 aromatic rings. The Morgan fingerprint density at radius 1 is 1.12 bits per heavy atom. The van der Waals surface area contributed by atoms with E-state index < -0.39 is 25.0 Å². The van der Waals surface area contributed by atoms with Crippen molar-refractivity contribution in [1.82, 2.24) is 0 Å². The molecule has 0 saturated heterocycles. The van der Waals surface area contributed by atoms with Crippen molar-refractivity contribution in [3.63, 3.8) is 0 Å². The van der Waals surface area contributed by atoms with Crippen LogP contribution in [0.15, 0.2) is 54.6 Å². The smallest absolute Gasteiger partial charge is 0.272 e. The summed E-state index contributed by atoms with van der Waals surface area (Å²) in [6.45, 7) is 0.988. The number of nitrogens with two attached hydrogens (primary N) is 1. The largest absolute Gasteiger partial charge is 0.485 e. The molecule has 0 radical (unpaired) electrons. The van der Waals surface area contributed by atoms with Crippen molar-refractivity contribution < 1.29 is 18.3 Å².